The Labute approximate surface area is 191 Å². The summed E-state index contributed by atoms with van der Waals surface area (Å²) >= 11 is 2.00. The molecule has 0 radical (unpaired) electrons. The number of nitrogens with two attached hydrogens (primary N) is 1. The van der Waals surface area contributed by atoms with Gasteiger partial charge in [0.2, 0.25) is 5.91 Å². The fraction of sp³-hybridized carbons (Fsp3) is 0.200. The summed E-state index contributed by atoms with van der Waals surface area (Å²) in [5.74, 6) is 2.90. The molecule has 1 aliphatic rings. The Kier molecular flexibility index (Phi) is 6.97. The topological polar surface area (TPSA) is 84.7 Å². The molecule has 0 unspecified atom stereocenters. The van der Waals surface area contributed by atoms with Gasteiger partial charge >= 0.3 is 0 Å². The molecule has 0 bridgehead atoms. The minimum absolute atomic E-state index is 0.139. The second-order valence-electron chi connectivity index (χ2n) is 7.46. The van der Waals surface area contributed by atoms with Crippen molar-refractivity contribution in [1.29, 1.82) is 0 Å². The van der Waals surface area contributed by atoms with Crippen molar-refractivity contribution in [2.24, 2.45) is 5.73 Å². The lowest BCUT2D eigenvalue weighted by Gasteiger charge is -2.28. The zero-order chi connectivity index (χ0) is 22.3. The molecular formula is C25H25N3O3S. The fourth-order valence-electron chi connectivity index (χ4n) is 3.43. The predicted molar refractivity (Wildman–Crippen MR) is 129 cm³/mol. The summed E-state index contributed by atoms with van der Waals surface area (Å²) in [6.07, 6.45) is 0. The van der Waals surface area contributed by atoms with Gasteiger partial charge in [0.05, 0.1) is 0 Å². The highest BCUT2D eigenvalue weighted by molar-refractivity contribution is 7.99. The molecule has 32 heavy (non-hydrogen) atoms. The molecule has 6 nitrogen and oxygen atoms in total. The van der Waals surface area contributed by atoms with Crippen molar-refractivity contribution in [3.8, 4) is 11.5 Å². The van der Waals surface area contributed by atoms with Crippen LogP contribution in [0.25, 0.3) is 0 Å². The first-order chi connectivity index (χ1) is 15.6. The molecule has 0 saturated carbocycles. The van der Waals surface area contributed by atoms with Crippen LogP contribution in [-0.2, 0) is 6.54 Å². The maximum absolute atomic E-state index is 12.5. The van der Waals surface area contributed by atoms with Crippen LogP contribution in [0.2, 0.25) is 0 Å². The summed E-state index contributed by atoms with van der Waals surface area (Å²) in [6.45, 7) is 2.64. The fourth-order valence-corrected chi connectivity index (χ4v) is 4.33. The Hall–Kier alpha value is -3.45. The van der Waals surface area contributed by atoms with Crippen LogP contribution in [0.3, 0.4) is 0 Å². The molecule has 164 valence electrons. The van der Waals surface area contributed by atoms with Crippen molar-refractivity contribution in [3.05, 3.63) is 89.5 Å². The molecule has 1 heterocycles. The summed E-state index contributed by atoms with van der Waals surface area (Å²) in [4.78, 5) is 26.0. The zero-order valence-electron chi connectivity index (χ0n) is 17.6. The van der Waals surface area contributed by atoms with Crippen molar-refractivity contribution in [3.63, 3.8) is 0 Å². The van der Waals surface area contributed by atoms with Gasteiger partial charge in [0.15, 0.2) is 0 Å². The number of anilines is 1. The molecule has 1 saturated heterocycles. The molecule has 1 aliphatic heterocycles. The quantitative estimate of drug-likeness (QED) is 0.571. The number of thioether (sulfide) groups is 1. The zero-order valence-corrected chi connectivity index (χ0v) is 18.4. The van der Waals surface area contributed by atoms with E-state index in [1.54, 1.807) is 48.5 Å². The van der Waals surface area contributed by atoms with Gasteiger partial charge in [0.1, 0.15) is 11.5 Å². The number of carbonyl (C=O) groups excluding carboxylic acids is 2. The number of amides is 2. The number of ether oxygens (including phenoxy) is 1. The standard InChI is InChI=1S/C25H25N3O3S/c26-24(29)19-3-9-22(10-4-19)31-23-11-5-20(6-12-23)25(30)27-17-18-1-7-21(8-2-18)28-13-15-32-16-14-28/h1-12H,13-17H2,(H2,26,29)(H,27,30). The van der Waals surface area contributed by atoms with Crippen LogP contribution in [0, 0.1) is 0 Å². The van der Waals surface area contributed by atoms with E-state index in [9.17, 15) is 9.59 Å². The van der Waals surface area contributed by atoms with Gasteiger partial charge in [0, 0.05) is 48.0 Å². The lowest BCUT2D eigenvalue weighted by Crippen LogP contribution is -2.32. The summed E-state index contributed by atoms with van der Waals surface area (Å²) in [6, 6.07) is 21.9. The van der Waals surface area contributed by atoms with Crippen LogP contribution >= 0.6 is 11.8 Å². The van der Waals surface area contributed by atoms with E-state index in [2.05, 4.69) is 34.5 Å². The molecule has 3 aromatic rings. The van der Waals surface area contributed by atoms with Crippen LogP contribution < -0.4 is 20.7 Å². The summed E-state index contributed by atoms with van der Waals surface area (Å²) in [5, 5.41) is 2.96. The van der Waals surface area contributed by atoms with Gasteiger partial charge in [-0.2, -0.15) is 11.8 Å². The average molecular weight is 448 g/mol. The van der Waals surface area contributed by atoms with Crippen molar-refractivity contribution in [2.75, 3.05) is 29.5 Å². The lowest BCUT2D eigenvalue weighted by molar-refractivity contribution is 0.0949. The molecule has 4 rings (SSSR count). The van der Waals surface area contributed by atoms with E-state index in [1.807, 2.05) is 11.8 Å². The Bertz CT molecular complexity index is 1060. The highest BCUT2D eigenvalue weighted by Crippen LogP contribution is 2.22. The third kappa shape index (κ3) is 5.62. The number of nitrogens with one attached hydrogen (secondary N) is 1. The van der Waals surface area contributed by atoms with Gasteiger partial charge < -0.3 is 20.7 Å². The number of primary amides is 1. The molecule has 0 atom stereocenters. The monoisotopic (exact) mass is 447 g/mol. The number of hydrogen-bond donors (Lipinski definition) is 2. The predicted octanol–water partition coefficient (Wildman–Crippen LogP) is 4.06. The molecule has 2 amide bonds. The maximum Gasteiger partial charge on any atom is 0.251 e. The number of carbonyl (C=O) groups is 2. The minimum atomic E-state index is -0.482. The Morgan fingerprint density at radius 3 is 1.97 bits per heavy atom. The van der Waals surface area contributed by atoms with Gasteiger partial charge in [-0.1, -0.05) is 12.1 Å². The largest absolute Gasteiger partial charge is 0.457 e. The minimum Gasteiger partial charge on any atom is -0.457 e. The third-order valence-corrected chi connectivity index (χ3v) is 6.20. The normalized spacial score (nSPS) is 13.4. The van der Waals surface area contributed by atoms with E-state index in [1.165, 1.54) is 17.2 Å². The molecule has 3 N–H and O–H groups in total. The Morgan fingerprint density at radius 1 is 0.844 bits per heavy atom. The van der Waals surface area contributed by atoms with E-state index in [4.69, 9.17) is 10.5 Å². The average Bonchev–Trinajstić information content (AvgIpc) is 2.84. The van der Waals surface area contributed by atoms with Gasteiger partial charge in [-0.3, -0.25) is 9.59 Å². The molecule has 3 aromatic carbocycles. The highest BCUT2D eigenvalue weighted by Gasteiger charge is 2.11. The smallest absolute Gasteiger partial charge is 0.251 e. The van der Waals surface area contributed by atoms with Crippen LogP contribution in [0.15, 0.2) is 72.8 Å². The molecular weight excluding hydrogens is 422 g/mol. The number of benzene rings is 3. The number of rotatable bonds is 7. The van der Waals surface area contributed by atoms with Gasteiger partial charge in [0.25, 0.3) is 5.91 Å². The van der Waals surface area contributed by atoms with Gasteiger partial charge in [-0.15, -0.1) is 0 Å². The van der Waals surface area contributed by atoms with Crippen LogP contribution in [-0.4, -0.2) is 36.4 Å². The van der Waals surface area contributed by atoms with Crippen molar-refractivity contribution >= 4 is 29.3 Å². The van der Waals surface area contributed by atoms with Crippen LogP contribution in [0.5, 0.6) is 11.5 Å². The second kappa shape index (κ2) is 10.2. The molecule has 7 heteroatoms. The lowest BCUT2D eigenvalue weighted by atomic mass is 10.1. The Balaban J connectivity index is 1.29. The SMILES string of the molecule is NC(=O)c1ccc(Oc2ccc(C(=O)NCc3ccc(N4CCSCC4)cc3)cc2)cc1. The van der Waals surface area contributed by atoms with Crippen molar-refractivity contribution in [2.45, 2.75) is 6.54 Å². The van der Waals surface area contributed by atoms with Gasteiger partial charge in [-0.05, 0) is 66.2 Å². The van der Waals surface area contributed by atoms with E-state index in [0.29, 0.717) is 29.2 Å². The van der Waals surface area contributed by atoms with Crippen LogP contribution in [0.4, 0.5) is 5.69 Å². The molecule has 1 fully saturated rings. The number of hydrogen-bond acceptors (Lipinski definition) is 5. The maximum atomic E-state index is 12.5. The van der Waals surface area contributed by atoms with E-state index < -0.39 is 5.91 Å². The van der Waals surface area contributed by atoms with E-state index in [-0.39, 0.29) is 5.91 Å². The number of nitrogens with zero attached hydrogens (tertiary/aromatic N) is 1. The molecule has 0 aliphatic carbocycles. The van der Waals surface area contributed by atoms with Crippen molar-refractivity contribution < 1.29 is 14.3 Å². The molecule has 0 spiro atoms. The third-order valence-electron chi connectivity index (χ3n) is 5.26. The van der Waals surface area contributed by atoms with Crippen LogP contribution in [0.1, 0.15) is 26.3 Å². The van der Waals surface area contributed by atoms with Gasteiger partial charge in [-0.25, -0.2) is 0 Å². The molecule has 0 aromatic heterocycles. The first-order valence-electron chi connectivity index (χ1n) is 10.5. The Morgan fingerprint density at radius 2 is 1.41 bits per heavy atom. The van der Waals surface area contributed by atoms with E-state index in [0.717, 1.165) is 18.7 Å². The summed E-state index contributed by atoms with van der Waals surface area (Å²) in [5.41, 5.74) is 8.52. The first-order valence-corrected chi connectivity index (χ1v) is 11.6. The summed E-state index contributed by atoms with van der Waals surface area (Å²) < 4.78 is 5.75. The second-order valence-corrected chi connectivity index (χ2v) is 8.69. The summed E-state index contributed by atoms with van der Waals surface area (Å²) in [7, 11) is 0. The first kappa shape index (κ1) is 21.8. The highest BCUT2D eigenvalue weighted by atomic mass is 32.2. The van der Waals surface area contributed by atoms with E-state index >= 15 is 0 Å². The van der Waals surface area contributed by atoms with Crippen molar-refractivity contribution in [1.82, 2.24) is 5.32 Å².